The quantitative estimate of drug-likeness (QED) is 0.769. The molecule has 0 aliphatic heterocycles. The summed E-state index contributed by atoms with van der Waals surface area (Å²) in [6.45, 7) is 0.673. The maximum atomic E-state index is 13.1. The smallest absolute Gasteiger partial charge is 0.336 e. The van der Waals surface area contributed by atoms with Gasteiger partial charge in [-0.25, -0.2) is 14.2 Å². The van der Waals surface area contributed by atoms with E-state index < -0.39 is 5.97 Å². The Morgan fingerprint density at radius 1 is 1.21 bits per heavy atom. The lowest BCUT2D eigenvalue weighted by molar-refractivity contribution is 0.0697. The third-order valence-electron chi connectivity index (χ3n) is 3.61. The molecule has 0 spiro atoms. The zero-order valence-electron chi connectivity index (χ0n) is 12.8. The highest BCUT2D eigenvalue weighted by Gasteiger charge is 2.12. The Kier molecular flexibility index (Phi) is 4.52. The van der Waals surface area contributed by atoms with Gasteiger partial charge in [-0.3, -0.25) is 0 Å². The number of aromatic carboxylic acids is 1. The minimum Gasteiger partial charge on any atom is -0.478 e. The molecule has 4 nitrogen and oxygen atoms in total. The summed E-state index contributed by atoms with van der Waals surface area (Å²) in [6, 6.07) is 10.9. The number of aromatic nitrogens is 2. The maximum Gasteiger partial charge on any atom is 0.336 e. The van der Waals surface area contributed by atoms with Crippen LogP contribution in [-0.2, 0) is 6.54 Å². The lowest BCUT2D eigenvalue weighted by Gasteiger charge is -2.08. The topological polar surface area (TPSA) is 55.1 Å². The van der Waals surface area contributed by atoms with Crippen molar-refractivity contribution in [2.24, 2.45) is 0 Å². The molecule has 0 atom stereocenters. The van der Waals surface area contributed by atoms with Gasteiger partial charge in [-0.2, -0.15) is 0 Å². The summed E-state index contributed by atoms with van der Waals surface area (Å²) < 4.78 is 15.0. The fourth-order valence-corrected chi connectivity index (χ4v) is 2.43. The van der Waals surface area contributed by atoms with Gasteiger partial charge in [0.2, 0.25) is 0 Å². The number of nitrogens with zero attached hydrogens (tertiary/aromatic N) is 2. The molecule has 1 heterocycles. The van der Waals surface area contributed by atoms with E-state index >= 15 is 0 Å². The van der Waals surface area contributed by atoms with Gasteiger partial charge in [0.15, 0.2) is 0 Å². The molecule has 1 aromatic heterocycles. The number of carboxylic acids is 1. The Hall–Kier alpha value is -3.21. The average Bonchev–Trinajstić information content (AvgIpc) is 3.09. The largest absolute Gasteiger partial charge is 0.478 e. The van der Waals surface area contributed by atoms with Crippen LogP contribution in [-0.4, -0.2) is 20.6 Å². The van der Waals surface area contributed by atoms with Gasteiger partial charge in [-0.05, 0) is 41.0 Å². The summed E-state index contributed by atoms with van der Waals surface area (Å²) >= 11 is 0. The normalized spacial score (nSPS) is 11.0. The van der Waals surface area contributed by atoms with Crippen molar-refractivity contribution in [3.05, 3.63) is 84.2 Å². The van der Waals surface area contributed by atoms with E-state index in [1.807, 2.05) is 22.9 Å². The highest BCUT2D eigenvalue weighted by molar-refractivity contribution is 5.96. The van der Waals surface area contributed by atoms with Gasteiger partial charge >= 0.3 is 5.97 Å². The third kappa shape index (κ3) is 3.57. The summed E-state index contributed by atoms with van der Waals surface area (Å²) in [7, 11) is 0. The van der Waals surface area contributed by atoms with Crippen LogP contribution in [0.25, 0.3) is 17.2 Å². The van der Waals surface area contributed by atoms with Crippen LogP contribution in [0.5, 0.6) is 0 Å². The van der Waals surface area contributed by atoms with Crippen LogP contribution in [0.3, 0.4) is 0 Å². The minimum absolute atomic E-state index is 0.188. The maximum absolute atomic E-state index is 13.1. The number of hydrogen-bond donors (Lipinski definition) is 1. The Labute approximate surface area is 138 Å². The van der Waals surface area contributed by atoms with Gasteiger partial charge in [0.05, 0.1) is 11.9 Å². The van der Waals surface area contributed by atoms with Crippen molar-refractivity contribution in [1.82, 2.24) is 9.55 Å². The number of carboxylic acid groups (broad SMARTS) is 1. The summed E-state index contributed by atoms with van der Waals surface area (Å²) in [6.07, 6.45) is 9.18. The summed E-state index contributed by atoms with van der Waals surface area (Å²) in [5.41, 5.74) is 2.29. The lowest BCUT2D eigenvalue weighted by Crippen LogP contribution is -2.00. The van der Waals surface area contributed by atoms with E-state index in [2.05, 4.69) is 4.98 Å². The van der Waals surface area contributed by atoms with Crippen molar-refractivity contribution < 1.29 is 14.3 Å². The van der Waals surface area contributed by atoms with E-state index in [9.17, 15) is 14.3 Å². The van der Waals surface area contributed by atoms with Gasteiger partial charge < -0.3 is 9.67 Å². The fourth-order valence-electron chi connectivity index (χ4n) is 2.43. The number of benzene rings is 2. The molecule has 24 heavy (non-hydrogen) atoms. The number of imidazole rings is 1. The Morgan fingerprint density at radius 3 is 2.67 bits per heavy atom. The number of halogens is 1. The first-order valence-electron chi connectivity index (χ1n) is 7.39. The van der Waals surface area contributed by atoms with Gasteiger partial charge in [0.1, 0.15) is 5.82 Å². The summed E-state index contributed by atoms with van der Waals surface area (Å²) in [4.78, 5) is 15.4. The second-order valence-electron chi connectivity index (χ2n) is 5.28. The number of hydrogen-bond acceptors (Lipinski definition) is 2. The molecule has 120 valence electrons. The van der Waals surface area contributed by atoms with Gasteiger partial charge in [0.25, 0.3) is 0 Å². The van der Waals surface area contributed by atoms with Crippen LogP contribution in [0.4, 0.5) is 4.39 Å². The van der Waals surface area contributed by atoms with Crippen molar-refractivity contribution in [2.45, 2.75) is 6.54 Å². The molecule has 0 amide bonds. The third-order valence-corrected chi connectivity index (χ3v) is 3.61. The zero-order chi connectivity index (χ0) is 16.9. The Bertz CT molecular complexity index is 869. The molecule has 0 radical (unpaired) electrons. The Balaban J connectivity index is 1.92. The first kappa shape index (κ1) is 15.7. The predicted octanol–water partition coefficient (Wildman–Crippen LogP) is 4.10. The van der Waals surface area contributed by atoms with Crippen LogP contribution >= 0.6 is 0 Å². The molecule has 0 unspecified atom stereocenters. The molecule has 0 aliphatic rings. The van der Waals surface area contributed by atoms with E-state index in [4.69, 9.17) is 0 Å². The van der Waals surface area contributed by atoms with Crippen LogP contribution < -0.4 is 0 Å². The van der Waals surface area contributed by atoms with E-state index in [1.165, 1.54) is 12.1 Å². The van der Waals surface area contributed by atoms with E-state index in [1.54, 1.807) is 42.9 Å². The molecule has 0 saturated carbocycles. The van der Waals surface area contributed by atoms with Crippen LogP contribution in [0.15, 0.2) is 67.3 Å². The lowest BCUT2D eigenvalue weighted by atomic mass is 9.97. The van der Waals surface area contributed by atoms with Crippen molar-refractivity contribution in [2.75, 3.05) is 0 Å². The van der Waals surface area contributed by atoms with Gasteiger partial charge in [-0.15, -0.1) is 0 Å². The number of rotatable bonds is 5. The van der Waals surface area contributed by atoms with Crippen molar-refractivity contribution in [3.63, 3.8) is 0 Å². The fraction of sp³-hybridized carbons (Fsp3) is 0.0526. The standard InChI is InChI=1S/C19H15FN2O2/c20-16-6-4-15(5-7-16)18-12-14(3-8-17(18)19(23)24)2-1-10-22-11-9-21-13-22/h1-9,11-13H,10H2,(H,23,24)/b2-1+. The van der Waals surface area contributed by atoms with Crippen LogP contribution in [0.1, 0.15) is 15.9 Å². The van der Waals surface area contributed by atoms with E-state index in [-0.39, 0.29) is 11.4 Å². The SMILES string of the molecule is O=C(O)c1ccc(/C=C/Cn2ccnc2)cc1-c1ccc(F)cc1. The molecule has 3 aromatic rings. The first-order valence-corrected chi connectivity index (χ1v) is 7.39. The van der Waals surface area contributed by atoms with E-state index in [0.717, 1.165) is 5.56 Å². The second-order valence-corrected chi connectivity index (χ2v) is 5.28. The molecule has 0 saturated heterocycles. The molecule has 2 aromatic carbocycles. The summed E-state index contributed by atoms with van der Waals surface area (Å²) in [5.74, 6) is -1.37. The first-order chi connectivity index (χ1) is 11.6. The van der Waals surface area contributed by atoms with Crippen molar-refractivity contribution in [1.29, 1.82) is 0 Å². The van der Waals surface area contributed by atoms with Crippen molar-refractivity contribution in [3.8, 4) is 11.1 Å². The summed E-state index contributed by atoms with van der Waals surface area (Å²) in [5, 5.41) is 9.37. The molecule has 0 fully saturated rings. The second kappa shape index (κ2) is 6.91. The molecule has 0 aliphatic carbocycles. The van der Waals surface area contributed by atoms with Crippen molar-refractivity contribution >= 4 is 12.0 Å². The van der Waals surface area contributed by atoms with E-state index in [0.29, 0.717) is 17.7 Å². The monoisotopic (exact) mass is 322 g/mol. The zero-order valence-corrected chi connectivity index (χ0v) is 12.8. The number of carbonyl (C=O) groups is 1. The molecule has 1 N–H and O–H groups in total. The molecular weight excluding hydrogens is 307 g/mol. The van der Waals surface area contributed by atoms with Gasteiger partial charge in [0, 0.05) is 18.9 Å². The predicted molar refractivity (Wildman–Crippen MR) is 90.1 cm³/mol. The average molecular weight is 322 g/mol. The van der Waals surface area contributed by atoms with Crippen LogP contribution in [0, 0.1) is 5.82 Å². The molecule has 5 heteroatoms. The Morgan fingerprint density at radius 2 is 2.00 bits per heavy atom. The molecule has 3 rings (SSSR count). The number of allylic oxidation sites excluding steroid dienone is 1. The van der Waals surface area contributed by atoms with Gasteiger partial charge in [-0.1, -0.05) is 30.4 Å². The van der Waals surface area contributed by atoms with Crippen LogP contribution in [0.2, 0.25) is 0 Å². The molecular formula is C19H15FN2O2. The highest BCUT2D eigenvalue weighted by atomic mass is 19.1. The minimum atomic E-state index is -1.01. The molecule has 0 bridgehead atoms. The highest BCUT2D eigenvalue weighted by Crippen LogP contribution is 2.26.